The second-order valence-electron chi connectivity index (χ2n) is 8.67. The molecule has 0 fully saturated rings. The Morgan fingerprint density at radius 1 is 1.11 bits per heavy atom. The molecule has 1 atom stereocenters. The highest BCUT2D eigenvalue weighted by molar-refractivity contribution is 8.00. The minimum absolute atomic E-state index is 0.0423. The lowest BCUT2D eigenvalue weighted by atomic mass is 10.2. The maximum Gasteiger partial charge on any atom is 0.233 e. The molecular formula is C26H28N8OS. The molecule has 4 aromatic heterocycles. The van der Waals surface area contributed by atoms with Crippen molar-refractivity contribution in [2.24, 2.45) is 0 Å². The van der Waals surface area contributed by atoms with Crippen LogP contribution in [-0.2, 0) is 24.3 Å². The number of pyridine rings is 1. The Labute approximate surface area is 213 Å². The van der Waals surface area contributed by atoms with Gasteiger partial charge in [-0.15, -0.1) is 5.10 Å². The molecule has 1 aromatic carbocycles. The van der Waals surface area contributed by atoms with Gasteiger partial charge in [-0.2, -0.15) is 9.61 Å². The van der Waals surface area contributed by atoms with E-state index in [2.05, 4.69) is 21.5 Å². The predicted octanol–water partition coefficient (Wildman–Crippen LogP) is 3.92. The van der Waals surface area contributed by atoms with Crippen LogP contribution in [0, 0.1) is 13.8 Å². The van der Waals surface area contributed by atoms with Gasteiger partial charge in [0.1, 0.15) is 0 Å². The standard InChI is InChI=1S/C26H28N8OS/c1-4-22(25(35)28-16-19-8-7-12-27-15-19)36-26-29-21-10-6-5-9-20(21)24-30-23(32-34(24)26)11-13-33-18(3)14-17(2)31-33/h5-10,12,14-15,22H,4,11,13,16H2,1-3H3,(H,28,35). The van der Waals surface area contributed by atoms with E-state index in [-0.39, 0.29) is 11.2 Å². The lowest BCUT2D eigenvalue weighted by Gasteiger charge is -2.15. The Hall–Kier alpha value is -3.79. The minimum atomic E-state index is -0.319. The number of rotatable bonds is 9. The first kappa shape index (κ1) is 23.9. The number of aromatic nitrogens is 7. The van der Waals surface area contributed by atoms with E-state index in [0.29, 0.717) is 31.1 Å². The van der Waals surface area contributed by atoms with E-state index in [1.54, 1.807) is 16.9 Å². The van der Waals surface area contributed by atoms with Crippen LogP contribution in [0.3, 0.4) is 0 Å². The van der Waals surface area contributed by atoms with Crippen molar-refractivity contribution in [3.05, 3.63) is 77.6 Å². The van der Waals surface area contributed by atoms with Gasteiger partial charge < -0.3 is 5.32 Å². The van der Waals surface area contributed by atoms with Crippen molar-refractivity contribution in [1.29, 1.82) is 0 Å². The fourth-order valence-electron chi connectivity index (χ4n) is 4.12. The van der Waals surface area contributed by atoms with Gasteiger partial charge in [-0.25, -0.2) is 9.97 Å². The van der Waals surface area contributed by atoms with E-state index in [4.69, 9.17) is 15.1 Å². The second kappa shape index (κ2) is 10.4. The number of aryl methyl sites for hydroxylation is 4. The first-order chi connectivity index (χ1) is 17.5. The van der Waals surface area contributed by atoms with Crippen molar-refractivity contribution >= 4 is 34.2 Å². The number of carbonyl (C=O) groups is 1. The number of hydrogen-bond acceptors (Lipinski definition) is 7. The van der Waals surface area contributed by atoms with Gasteiger partial charge in [-0.3, -0.25) is 14.5 Å². The highest BCUT2D eigenvalue weighted by Crippen LogP contribution is 2.28. The third-order valence-corrected chi connectivity index (χ3v) is 7.25. The lowest BCUT2D eigenvalue weighted by molar-refractivity contribution is -0.120. The summed E-state index contributed by atoms with van der Waals surface area (Å²) in [4.78, 5) is 26.8. The molecule has 0 aliphatic carbocycles. The number of benzene rings is 1. The van der Waals surface area contributed by atoms with Gasteiger partial charge in [-0.1, -0.05) is 36.9 Å². The molecular weight excluding hydrogens is 472 g/mol. The van der Waals surface area contributed by atoms with Gasteiger partial charge in [0.25, 0.3) is 0 Å². The second-order valence-corrected chi connectivity index (χ2v) is 9.84. The van der Waals surface area contributed by atoms with E-state index in [1.807, 2.05) is 61.9 Å². The van der Waals surface area contributed by atoms with Crippen LogP contribution in [0.2, 0.25) is 0 Å². The number of amides is 1. The number of fused-ring (bicyclic) bond motifs is 3. The molecule has 1 unspecified atom stereocenters. The number of carbonyl (C=O) groups excluding carboxylic acids is 1. The highest BCUT2D eigenvalue weighted by atomic mass is 32.2. The zero-order chi connectivity index (χ0) is 25.1. The number of para-hydroxylation sites is 1. The Morgan fingerprint density at radius 2 is 1.97 bits per heavy atom. The van der Waals surface area contributed by atoms with Gasteiger partial charge in [0.15, 0.2) is 16.6 Å². The van der Waals surface area contributed by atoms with Crippen LogP contribution in [-0.4, -0.2) is 45.5 Å². The van der Waals surface area contributed by atoms with Crippen LogP contribution in [0.25, 0.3) is 16.6 Å². The first-order valence-corrected chi connectivity index (χ1v) is 12.9. The first-order valence-electron chi connectivity index (χ1n) is 12.0. The molecule has 36 heavy (non-hydrogen) atoms. The molecule has 5 rings (SSSR count). The number of thioether (sulfide) groups is 1. The van der Waals surface area contributed by atoms with Crippen LogP contribution in [0.5, 0.6) is 0 Å². The molecule has 4 heterocycles. The molecule has 0 aliphatic heterocycles. The molecule has 0 spiro atoms. The van der Waals surface area contributed by atoms with Crippen LogP contribution < -0.4 is 5.32 Å². The van der Waals surface area contributed by atoms with Crippen molar-refractivity contribution in [2.75, 3.05) is 0 Å². The Kier molecular flexibility index (Phi) is 6.95. The van der Waals surface area contributed by atoms with Crippen LogP contribution in [0.4, 0.5) is 0 Å². The van der Waals surface area contributed by atoms with Gasteiger partial charge >= 0.3 is 0 Å². The molecule has 184 valence electrons. The third kappa shape index (κ3) is 5.08. The SMILES string of the molecule is CCC(Sc1nc2ccccc2c2nc(CCn3nc(C)cc3C)nn12)C(=O)NCc1cccnc1. The summed E-state index contributed by atoms with van der Waals surface area (Å²) < 4.78 is 3.76. The highest BCUT2D eigenvalue weighted by Gasteiger charge is 2.22. The van der Waals surface area contributed by atoms with Crippen LogP contribution >= 0.6 is 11.8 Å². The molecule has 9 nitrogen and oxygen atoms in total. The van der Waals surface area contributed by atoms with Crippen LogP contribution in [0.1, 0.15) is 36.1 Å². The van der Waals surface area contributed by atoms with Crippen LogP contribution in [0.15, 0.2) is 60.0 Å². The molecule has 0 bridgehead atoms. The van der Waals surface area contributed by atoms with Gasteiger partial charge in [0.05, 0.1) is 16.5 Å². The quantitative estimate of drug-likeness (QED) is 0.242. The smallest absolute Gasteiger partial charge is 0.233 e. The van der Waals surface area contributed by atoms with E-state index in [1.165, 1.54) is 11.8 Å². The monoisotopic (exact) mass is 500 g/mol. The third-order valence-electron chi connectivity index (χ3n) is 5.94. The Bertz CT molecular complexity index is 1510. The summed E-state index contributed by atoms with van der Waals surface area (Å²) in [6, 6.07) is 13.8. The Balaban J connectivity index is 1.41. The van der Waals surface area contributed by atoms with Gasteiger partial charge in [0.2, 0.25) is 5.91 Å². The van der Waals surface area contributed by atoms with E-state index >= 15 is 0 Å². The fourth-order valence-corrected chi connectivity index (χ4v) is 5.11. The zero-order valence-corrected chi connectivity index (χ0v) is 21.4. The van der Waals surface area contributed by atoms with E-state index in [9.17, 15) is 4.79 Å². The predicted molar refractivity (Wildman–Crippen MR) is 140 cm³/mol. The number of nitrogens with zero attached hydrogens (tertiary/aromatic N) is 7. The fraction of sp³-hybridized carbons (Fsp3) is 0.308. The van der Waals surface area contributed by atoms with Crippen molar-refractivity contribution in [2.45, 2.75) is 57.1 Å². The summed E-state index contributed by atoms with van der Waals surface area (Å²) in [6.07, 6.45) is 4.77. The summed E-state index contributed by atoms with van der Waals surface area (Å²) in [5, 5.41) is 13.6. The minimum Gasteiger partial charge on any atom is -0.351 e. The summed E-state index contributed by atoms with van der Waals surface area (Å²) >= 11 is 1.41. The molecule has 5 aromatic rings. The lowest BCUT2D eigenvalue weighted by Crippen LogP contribution is -2.32. The Morgan fingerprint density at radius 3 is 2.72 bits per heavy atom. The molecule has 0 saturated carbocycles. The van der Waals surface area contributed by atoms with Crippen molar-refractivity contribution in [1.82, 2.24) is 39.7 Å². The van der Waals surface area contributed by atoms with Crippen molar-refractivity contribution in [3.8, 4) is 0 Å². The van der Waals surface area contributed by atoms with Crippen molar-refractivity contribution in [3.63, 3.8) is 0 Å². The zero-order valence-electron chi connectivity index (χ0n) is 20.5. The van der Waals surface area contributed by atoms with Gasteiger partial charge in [-0.05, 0) is 50.1 Å². The number of nitrogens with one attached hydrogen (secondary N) is 1. The molecule has 1 N–H and O–H groups in total. The summed E-state index contributed by atoms with van der Waals surface area (Å²) in [5.41, 5.74) is 4.65. The van der Waals surface area contributed by atoms with Gasteiger partial charge in [0, 0.05) is 43.0 Å². The average molecular weight is 501 g/mol. The molecule has 0 radical (unpaired) electrons. The van der Waals surface area contributed by atoms with E-state index in [0.717, 1.165) is 39.3 Å². The molecule has 0 saturated heterocycles. The van der Waals surface area contributed by atoms with Crippen molar-refractivity contribution < 1.29 is 4.79 Å². The average Bonchev–Trinajstić information content (AvgIpc) is 3.47. The van der Waals surface area contributed by atoms with E-state index < -0.39 is 0 Å². The maximum atomic E-state index is 13.0. The normalized spacial score (nSPS) is 12.3. The molecule has 1 amide bonds. The summed E-state index contributed by atoms with van der Waals surface area (Å²) in [5.74, 6) is 0.677. The topological polar surface area (TPSA) is 103 Å². The summed E-state index contributed by atoms with van der Waals surface area (Å²) in [7, 11) is 0. The molecule has 10 heteroatoms. The molecule has 0 aliphatic rings. The number of hydrogen-bond donors (Lipinski definition) is 1. The maximum absolute atomic E-state index is 13.0. The summed E-state index contributed by atoms with van der Waals surface area (Å²) in [6.45, 7) is 7.17. The largest absolute Gasteiger partial charge is 0.351 e.